The molecule has 0 bridgehead atoms. The lowest BCUT2D eigenvalue weighted by molar-refractivity contribution is 0.0779. The third-order valence-corrected chi connectivity index (χ3v) is 5.07. The Kier molecular flexibility index (Phi) is 5.62. The zero-order valence-corrected chi connectivity index (χ0v) is 12.1. The molecule has 0 aromatic carbocycles. The highest BCUT2D eigenvalue weighted by Gasteiger charge is 2.37. The van der Waals surface area contributed by atoms with Crippen molar-refractivity contribution in [3.63, 3.8) is 0 Å². The molecular formula is C13H28N2S. The van der Waals surface area contributed by atoms with Crippen LogP contribution in [0, 0.1) is 0 Å². The van der Waals surface area contributed by atoms with Crippen LogP contribution in [0.5, 0.6) is 0 Å². The number of hydrogen-bond acceptors (Lipinski definition) is 3. The molecule has 0 spiro atoms. The molecule has 1 heterocycles. The monoisotopic (exact) mass is 244 g/mol. The van der Waals surface area contributed by atoms with E-state index in [9.17, 15) is 0 Å². The zero-order valence-electron chi connectivity index (χ0n) is 11.3. The number of nitrogens with two attached hydrogens (primary N) is 1. The van der Waals surface area contributed by atoms with Gasteiger partial charge in [-0.15, -0.1) is 0 Å². The fourth-order valence-corrected chi connectivity index (χ4v) is 4.29. The summed E-state index contributed by atoms with van der Waals surface area (Å²) in [6.45, 7) is 12.5. The molecule has 1 rings (SSSR count). The molecule has 1 aliphatic heterocycles. The van der Waals surface area contributed by atoms with Crippen LogP contribution in [0.25, 0.3) is 0 Å². The van der Waals surface area contributed by atoms with Gasteiger partial charge in [0.1, 0.15) is 0 Å². The maximum atomic E-state index is 6.08. The summed E-state index contributed by atoms with van der Waals surface area (Å²) in [5.74, 6) is 0. The van der Waals surface area contributed by atoms with Gasteiger partial charge in [-0.2, -0.15) is 11.8 Å². The summed E-state index contributed by atoms with van der Waals surface area (Å²) >= 11 is 2.12. The summed E-state index contributed by atoms with van der Waals surface area (Å²) in [5, 5.41) is 1.50. The van der Waals surface area contributed by atoms with Gasteiger partial charge in [0.25, 0.3) is 0 Å². The number of hydrogen-bond donors (Lipinski definition) is 1. The van der Waals surface area contributed by atoms with Gasteiger partial charge in [0.05, 0.1) is 0 Å². The molecular weight excluding hydrogens is 216 g/mol. The van der Waals surface area contributed by atoms with Gasteiger partial charge in [0.2, 0.25) is 0 Å². The standard InChI is InChI=1S/C13H28N2S/c1-5-7-13(6-2,10-14)15-8-11(3)16-12(4)9-15/h11-12H,5-10,14H2,1-4H3. The summed E-state index contributed by atoms with van der Waals surface area (Å²) in [6.07, 6.45) is 3.66. The van der Waals surface area contributed by atoms with Crippen LogP contribution in [0.3, 0.4) is 0 Å². The molecule has 3 unspecified atom stereocenters. The van der Waals surface area contributed by atoms with Crippen molar-refractivity contribution in [1.29, 1.82) is 0 Å². The minimum atomic E-state index is 0.262. The average molecular weight is 244 g/mol. The van der Waals surface area contributed by atoms with Crippen LogP contribution in [0.1, 0.15) is 47.0 Å². The van der Waals surface area contributed by atoms with Gasteiger partial charge in [0, 0.05) is 35.7 Å². The highest BCUT2D eigenvalue weighted by Crippen LogP contribution is 2.33. The molecule has 3 heteroatoms. The molecule has 0 saturated carbocycles. The van der Waals surface area contributed by atoms with Crippen LogP contribution >= 0.6 is 11.8 Å². The number of rotatable bonds is 5. The Hall–Kier alpha value is 0.270. The Morgan fingerprint density at radius 3 is 2.19 bits per heavy atom. The Morgan fingerprint density at radius 2 is 1.81 bits per heavy atom. The normalized spacial score (nSPS) is 31.3. The van der Waals surface area contributed by atoms with Crippen LogP contribution in [0.2, 0.25) is 0 Å². The van der Waals surface area contributed by atoms with E-state index in [1.165, 1.54) is 32.4 Å². The maximum absolute atomic E-state index is 6.08. The fraction of sp³-hybridized carbons (Fsp3) is 1.00. The highest BCUT2D eigenvalue weighted by molar-refractivity contribution is 8.00. The summed E-state index contributed by atoms with van der Waals surface area (Å²) in [7, 11) is 0. The Bertz CT molecular complexity index is 194. The SMILES string of the molecule is CCCC(CC)(CN)N1CC(C)SC(C)C1. The lowest BCUT2D eigenvalue weighted by Gasteiger charge is -2.48. The van der Waals surface area contributed by atoms with Gasteiger partial charge in [-0.05, 0) is 12.8 Å². The first-order chi connectivity index (χ1) is 7.57. The topological polar surface area (TPSA) is 29.3 Å². The Balaban J connectivity index is 2.76. The lowest BCUT2D eigenvalue weighted by atomic mass is 9.88. The van der Waals surface area contributed by atoms with Gasteiger partial charge in [-0.3, -0.25) is 4.90 Å². The van der Waals surface area contributed by atoms with Crippen molar-refractivity contribution in [2.75, 3.05) is 19.6 Å². The van der Waals surface area contributed by atoms with Gasteiger partial charge in [0.15, 0.2) is 0 Å². The molecule has 3 atom stereocenters. The molecule has 0 aliphatic carbocycles. The molecule has 2 nitrogen and oxygen atoms in total. The molecule has 0 radical (unpaired) electrons. The minimum Gasteiger partial charge on any atom is -0.329 e. The second kappa shape index (κ2) is 6.27. The number of nitrogens with zero attached hydrogens (tertiary/aromatic N) is 1. The highest BCUT2D eigenvalue weighted by atomic mass is 32.2. The molecule has 1 fully saturated rings. The molecule has 96 valence electrons. The first-order valence-electron chi connectivity index (χ1n) is 6.68. The molecule has 0 aromatic rings. The fourth-order valence-electron chi connectivity index (χ4n) is 2.96. The Labute approximate surface area is 105 Å². The van der Waals surface area contributed by atoms with Crippen molar-refractivity contribution in [2.45, 2.75) is 63.0 Å². The molecule has 16 heavy (non-hydrogen) atoms. The molecule has 2 N–H and O–H groups in total. The van der Waals surface area contributed by atoms with E-state index in [1.807, 2.05) is 0 Å². The van der Waals surface area contributed by atoms with E-state index in [-0.39, 0.29) is 5.54 Å². The predicted octanol–water partition coefficient (Wildman–Crippen LogP) is 2.72. The van der Waals surface area contributed by atoms with E-state index in [0.29, 0.717) is 0 Å². The summed E-state index contributed by atoms with van der Waals surface area (Å²) in [6, 6.07) is 0. The van der Waals surface area contributed by atoms with E-state index in [1.54, 1.807) is 0 Å². The minimum absolute atomic E-state index is 0.262. The van der Waals surface area contributed by atoms with Crippen molar-refractivity contribution in [3.8, 4) is 0 Å². The molecule has 1 aliphatic rings. The predicted molar refractivity (Wildman–Crippen MR) is 75.1 cm³/mol. The molecule has 1 saturated heterocycles. The summed E-state index contributed by atoms with van der Waals surface area (Å²) in [4.78, 5) is 2.67. The molecule has 0 aromatic heterocycles. The Morgan fingerprint density at radius 1 is 1.25 bits per heavy atom. The van der Waals surface area contributed by atoms with Crippen molar-refractivity contribution < 1.29 is 0 Å². The van der Waals surface area contributed by atoms with Crippen LogP contribution in [-0.2, 0) is 0 Å². The van der Waals surface area contributed by atoms with Crippen molar-refractivity contribution in [2.24, 2.45) is 5.73 Å². The average Bonchev–Trinajstić information content (AvgIpc) is 2.24. The quantitative estimate of drug-likeness (QED) is 0.806. The van der Waals surface area contributed by atoms with Crippen molar-refractivity contribution >= 4 is 11.8 Å². The van der Waals surface area contributed by atoms with E-state index in [2.05, 4.69) is 44.4 Å². The van der Waals surface area contributed by atoms with E-state index >= 15 is 0 Å². The van der Waals surface area contributed by atoms with Crippen LogP contribution < -0.4 is 5.73 Å². The third-order valence-electron chi connectivity index (χ3n) is 3.84. The second-order valence-corrected chi connectivity index (χ2v) is 7.08. The third kappa shape index (κ3) is 3.14. The largest absolute Gasteiger partial charge is 0.329 e. The summed E-state index contributed by atoms with van der Waals surface area (Å²) in [5.41, 5.74) is 6.34. The van der Waals surface area contributed by atoms with Gasteiger partial charge in [-0.25, -0.2) is 0 Å². The lowest BCUT2D eigenvalue weighted by Crippen LogP contribution is -2.58. The van der Waals surface area contributed by atoms with Gasteiger partial charge >= 0.3 is 0 Å². The van der Waals surface area contributed by atoms with Crippen molar-refractivity contribution in [1.82, 2.24) is 4.90 Å². The zero-order chi connectivity index (χ0) is 12.2. The van der Waals surface area contributed by atoms with Crippen LogP contribution in [-0.4, -0.2) is 40.6 Å². The van der Waals surface area contributed by atoms with Crippen LogP contribution in [0.15, 0.2) is 0 Å². The second-order valence-electron chi connectivity index (χ2n) is 5.19. The maximum Gasteiger partial charge on any atom is 0.0329 e. The van der Waals surface area contributed by atoms with E-state index < -0.39 is 0 Å². The van der Waals surface area contributed by atoms with E-state index in [0.717, 1.165) is 17.0 Å². The van der Waals surface area contributed by atoms with Crippen LogP contribution in [0.4, 0.5) is 0 Å². The first kappa shape index (κ1) is 14.3. The smallest absolute Gasteiger partial charge is 0.0329 e. The first-order valence-corrected chi connectivity index (χ1v) is 7.62. The number of thioether (sulfide) groups is 1. The van der Waals surface area contributed by atoms with Gasteiger partial charge in [-0.1, -0.05) is 34.1 Å². The summed E-state index contributed by atoms with van der Waals surface area (Å²) < 4.78 is 0. The van der Waals surface area contributed by atoms with Gasteiger partial charge < -0.3 is 5.73 Å². The molecule has 0 amide bonds. The van der Waals surface area contributed by atoms with E-state index in [4.69, 9.17) is 5.73 Å². The van der Waals surface area contributed by atoms with Crippen molar-refractivity contribution in [3.05, 3.63) is 0 Å².